The van der Waals surface area contributed by atoms with Crippen LogP contribution >= 0.6 is 11.3 Å². The summed E-state index contributed by atoms with van der Waals surface area (Å²) in [6.45, 7) is 9.39. The maximum atomic E-state index is 13.4. The quantitative estimate of drug-likeness (QED) is 0.0181. The summed E-state index contributed by atoms with van der Waals surface area (Å²) in [5, 5.41) is 7.68. The van der Waals surface area contributed by atoms with E-state index in [4.69, 9.17) is 29.0 Å². The van der Waals surface area contributed by atoms with Crippen molar-refractivity contribution in [3.05, 3.63) is 90.5 Å². The fourth-order valence-electron chi connectivity index (χ4n) is 6.75. The molecule has 11 heteroatoms. The van der Waals surface area contributed by atoms with E-state index in [1.165, 1.54) is 12.5 Å². The molecule has 0 unspecified atom stereocenters. The van der Waals surface area contributed by atoms with Crippen LogP contribution in [-0.4, -0.2) is 48.9 Å². The number of nitrogens with zero attached hydrogens (tertiary/aromatic N) is 3. The van der Waals surface area contributed by atoms with Crippen molar-refractivity contribution in [1.29, 1.82) is 0 Å². The third-order valence-electron chi connectivity index (χ3n) is 10.1. The second-order valence-electron chi connectivity index (χ2n) is 14.6. The van der Waals surface area contributed by atoms with Crippen LogP contribution in [0.15, 0.2) is 84.5 Å². The number of hydrogen-bond donors (Lipinski definition) is 0. The Hall–Kier alpha value is -5.03. The van der Waals surface area contributed by atoms with Gasteiger partial charge in [0.2, 0.25) is 5.13 Å². The van der Waals surface area contributed by atoms with Gasteiger partial charge in [-0.05, 0) is 100 Å². The molecule has 4 aromatic rings. The first-order chi connectivity index (χ1) is 27.8. The van der Waals surface area contributed by atoms with Crippen molar-refractivity contribution in [2.45, 2.75) is 104 Å². The molecule has 1 aliphatic carbocycles. The highest BCUT2D eigenvalue weighted by Gasteiger charge is 2.32. The van der Waals surface area contributed by atoms with Gasteiger partial charge < -0.3 is 18.9 Å². The van der Waals surface area contributed by atoms with Gasteiger partial charge in [-0.3, -0.25) is 9.59 Å². The van der Waals surface area contributed by atoms with Crippen LogP contribution in [0.1, 0.15) is 108 Å². The van der Waals surface area contributed by atoms with Crippen LogP contribution in [-0.2, 0) is 19.1 Å². The van der Waals surface area contributed by atoms with Crippen LogP contribution in [0.25, 0.3) is 10.2 Å². The number of rotatable bonds is 23. The highest BCUT2D eigenvalue weighted by molar-refractivity contribution is 7.22. The van der Waals surface area contributed by atoms with Gasteiger partial charge in [0.15, 0.2) is 0 Å². The summed E-state index contributed by atoms with van der Waals surface area (Å²) < 4.78 is 23.7. The molecular weight excluding hydrogens is 739 g/mol. The van der Waals surface area contributed by atoms with Gasteiger partial charge in [-0.2, -0.15) is 5.10 Å². The monoisotopic (exact) mass is 795 g/mol. The minimum atomic E-state index is -0.370. The highest BCUT2D eigenvalue weighted by Crippen LogP contribution is 2.33. The van der Waals surface area contributed by atoms with Gasteiger partial charge in [0.25, 0.3) is 0 Å². The fraction of sp³-hybridized carbons (Fsp3) is 0.457. The molecule has 57 heavy (non-hydrogen) atoms. The van der Waals surface area contributed by atoms with Gasteiger partial charge in [0.05, 0.1) is 41.5 Å². The summed E-state index contributed by atoms with van der Waals surface area (Å²) in [7, 11) is 0. The Balaban J connectivity index is 1.05. The lowest BCUT2D eigenvalue weighted by atomic mass is 9.82. The molecule has 10 nitrogen and oxygen atoms in total. The topological polar surface area (TPSA) is 117 Å². The zero-order chi connectivity index (χ0) is 40.2. The molecule has 0 amide bonds. The summed E-state index contributed by atoms with van der Waals surface area (Å²) in [5.74, 6) is 0.156. The number of aromatic nitrogens is 1. The second-order valence-corrected chi connectivity index (χ2v) is 15.6. The Morgan fingerprint density at radius 2 is 1.46 bits per heavy atom. The number of ether oxygens (including phenoxy) is 4. The number of hydrazone groups is 1. The first-order valence-corrected chi connectivity index (χ1v) is 21.4. The van der Waals surface area contributed by atoms with Gasteiger partial charge >= 0.3 is 17.9 Å². The molecule has 304 valence electrons. The van der Waals surface area contributed by atoms with Crippen LogP contribution < -0.4 is 19.2 Å². The van der Waals surface area contributed by atoms with Gasteiger partial charge in [-0.1, -0.05) is 93.5 Å². The van der Waals surface area contributed by atoms with Gasteiger partial charge in [-0.25, -0.2) is 14.8 Å². The standard InChI is InChI=1S/C46H57N3O7S/c1-4-6-7-14-29-49(46-48-40-17-12-13-18-42(40)57-46)47-33-37-32-34(3)19-28-41(37)56-45(52)36-22-20-35(21-23-36)44(51)55-39-26-24-38(25-27-39)53-30-15-10-8-9-11-16-31-54-43(50)5-2/h5,12-13,17-19,24-28,32-33,35-36H,2,4,6-11,14-16,20-23,29-31H2,1,3H3/b47-33+/t35-,36-. The smallest absolute Gasteiger partial charge is 0.330 e. The van der Waals surface area contributed by atoms with Gasteiger partial charge in [-0.15, -0.1) is 0 Å². The number of aryl methyl sites for hydroxylation is 1. The van der Waals surface area contributed by atoms with Gasteiger partial charge in [0, 0.05) is 18.2 Å². The van der Waals surface area contributed by atoms with E-state index < -0.39 is 0 Å². The summed E-state index contributed by atoms with van der Waals surface area (Å²) in [5.41, 5.74) is 2.72. The van der Waals surface area contributed by atoms with E-state index in [1.807, 2.05) is 60.5 Å². The lowest BCUT2D eigenvalue weighted by Gasteiger charge is -2.26. The SMILES string of the molecule is C=CC(=O)OCCCCCCCCOc1ccc(OC(=O)[C@H]2CC[C@H](C(=O)Oc3ccc(C)cc3/C=N/N(CCCCCC)c3nc4ccccc4s3)CC2)cc1. The van der Waals surface area contributed by atoms with Crippen LogP contribution in [0, 0.1) is 18.8 Å². The number of carbonyl (C=O) groups is 3. The van der Waals surface area contributed by atoms with E-state index in [1.54, 1.807) is 29.7 Å². The molecule has 1 aromatic heterocycles. The van der Waals surface area contributed by atoms with E-state index in [2.05, 4.69) is 19.6 Å². The largest absolute Gasteiger partial charge is 0.494 e. The van der Waals surface area contributed by atoms with Crippen molar-refractivity contribution in [2.75, 3.05) is 24.8 Å². The third-order valence-corrected chi connectivity index (χ3v) is 11.1. The number of hydrogen-bond acceptors (Lipinski definition) is 11. The van der Waals surface area contributed by atoms with Crippen molar-refractivity contribution < 1.29 is 33.3 Å². The zero-order valence-corrected chi connectivity index (χ0v) is 34.3. The van der Waals surface area contributed by atoms with Crippen LogP contribution in [0.3, 0.4) is 0 Å². The Bertz CT molecular complexity index is 1880. The number of anilines is 1. The first-order valence-electron chi connectivity index (χ1n) is 20.6. The molecule has 0 bridgehead atoms. The molecule has 5 rings (SSSR count). The normalized spacial score (nSPS) is 15.3. The van der Waals surface area contributed by atoms with E-state index in [-0.39, 0.29) is 29.7 Å². The predicted octanol–water partition coefficient (Wildman–Crippen LogP) is 10.8. The lowest BCUT2D eigenvalue weighted by molar-refractivity contribution is -0.145. The highest BCUT2D eigenvalue weighted by atomic mass is 32.1. The van der Waals surface area contributed by atoms with Crippen molar-refractivity contribution in [2.24, 2.45) is 16.9 Å². The molecule has 0 radical (unpaired) electrons. The number of esters is 3. The fourth-order valence-corrected chi connectivity index (χ4v) is 7.70. The van der Waals surface area contributed by atoms with Crippen LogP contribution in [0.2, 0.25) is 0 Å². The molecule has 0 atom stereocenters. The first kappa shape index (κ1) is 43.1. The Kier molecular flexibility index (Phi) is 17.6. The molecule has 0 saturated heterocycles. The number of unbranched alkanes of at least 4 members (excludes halogenated alkanes) is 8. The number of benzene rings is 3. The average molecular weight is 796 g/mol. The van der Waals surface area contributed by atoms with E-state index in [0.717, 1.165) is 96.6 Å². The minimum Gasteiger partial charge on any atom is -0.494 e. The minimum absolute atomic E-state index is 0.278. The zero-order valence-electron chi connectivity index (χ0n) is 33.5. The summed E-state index contributed by atoms with van der Waals surface area (Å²) in [6, 6.07) is 21.0. The molecule has 1 aliphatic rings. The number of fused-ring (bicyclic) bond motifs is 1. The van der Waals surface area contributed by atoms with Crippen molar-refractivity contribution in [3.8, 4) is 17.2 Å². The molecule has 1 heterocycles. The number of para-hydroxylation sites is 1. The molecule has 0 aliphatic heterocycles. The Morgan fingerprint density at radius 1 is 0.807 bits per heavy atom. The second kappa shape index (κ2) is 23.3. The van der Waals surface area contributed by atoms with E-state index >= 15 is 0 Å². The van der Waals surface area contributed by atoms with Crippen molar-refractivity contribution in [3.63, 3.8) is 0 Å². The summed E-state index contributed by atoms with van der Waals surface area (Å²) in [4.78, 5) is 42.4. The van der Waals surface area contributed by atoms with Crippen molar-refractivity contribution >= 4 is 50.8 Å². The van der Waals surface area contributed by atoms with E-state index in [9.17, 15) is 14.4 Å². The molecule has 0 spiro atoms. The molecule has 3 aromatic carbocycles. The Labute approximate surface area is 341 Å². The van der Waals surface area contributed by atoms with Gasteiger partial charge in [0.1, 0.15) is 17.2 Å². The van der Waals surface area contributed by atoms with Crippen molar-refractivity contribution in [1.82, 2.24) is 4.98 Å². The molecular formula is C46H57N3O7S. The molecule has 1 saturated carbocycles. The third kappa shape index (κ3) is 14.1. The number of thiazole rings is 1. The van der Waals surface area contributed by atoms with Crippen LogP contribution in [0.4, 0.5) is 5.13 Å². The Morgan fingerprint density at radius 3 is 2.16 bits per heavy atom. The van der Waals surface area contributed by atoms with E-state index in [0.29, 0.717) is 50.4 Å². The predicted molar refractivity (Wildman–Crippen MR) is 227 cm³/mol. The maximum absolute atomic E-state index is 13.4. The lowest BCUT2D eigenvalue weighted by Crippen LogP contribution is -2.30. The summed E-state index contributed by atoms with van der Waals surface area (Å²) >= 11 is 1.62. The molecule has 1 fully saturated rings. The summed E-state index contributed by atoms with van der Waals surface area (Å²) in [6.07, 6.45) is 15.7. The average Bonchev–Trinajstić information content (AvgIpc) is 3.67. The molecule has 0 N–H and O–H groups in total. The number of carbonyl (C=O) groups excluding carboxylic acids is 3. The maximum Gasteiger partial charge on any atom is 0.330 e. The van der Waals surface area contributed by atoms with Crippen LogP contribution in [0.5, 0.6) is 17.2 Å².